The van der Waals surface area contributed by atoms with E-state index in [2.05, 4.69) is 40.1 Å². The van der Waals surface area contributed by atoms with Gasteiger partial charge in [-0.15, -0.1) is 0 Å². The van der Waals surface area contributed by atoms with E-state index < -0.39 is 0 Å². The number of nitrogens with one attached hydrogen (secondary N) is 1. The van der Waals surface area contributed by atoms with E-state index >= 15 is 0 Å². The largest absolute Gasteiger partial charge is 0.370 e. The molecule has 4 heteroatoms. The Bertz CT molecular complexity index is 367. The maximum atomic E-state index is 4.42. The molecule has 1 fully saturated rings. The zero-order valence-corrected chi connectivity index (χ0v) is 11.5. The Morgan fingerprint density at radius 1 is 1.28 bits per heavy atom. The molecule has 0 radical (unpaired) electrons. The van der Waals surface area contributed by atoms with Crippen LogP contribution >= 0.6 is 0 Å². The van der Waals surface area contributed by atoms with Crippen molar-refractivity contribution in [3.05, 3.63) is 23.9 Å². The standard InChI is InChI=1S/C14H24N4/c1-3-15-14-13(6-4-7-16-14)12-18-9-5-8-17(2)10-11-18/h4,6-7H,3,5,8-12H2,1-2H3,(H,15,16). The van der Waals surface area contributed by atoms with Gasteiger partial charge in [0.1, 0.15) is 5.82 Å². The van der Waals surface area contributed by atoms with Gasteiger partial charge in [0, 0.05) is 37.9 Å². The summed E-state index contributed by atoms with van der Waals surface area (Å²) >= 11 is 0. The van der Waals surface area contributed by atoms with Crippen LogP contribution in [0.1, 0.15) is 18.9 Å². The molecule has 0 bridgehead atoms. The van der Waals surface area contributed by atoms with Crippen LogP contribution in [0.25, 0.3) is 0 Å². The maximum absolute atomic E-state index is 4.42. The third kappa shape index (κ3) is 3.68. The first kappa shape index (κ1) is 13.3. The predicted octanol–water partition coefficient (Wildman–Crippen LogP) is 1.65. The molecule has 1 aromatic rings. The zero-order chi connectivity index (χ0) is 12.8. The lowest BCUT2D eigenvalue weighted by Crippen LogP contribution is -2.28. The smallest absolute Gasteiger partial charge is 0.130 e. The molecule has 1 saturated heterocycles. The van der Waals surface area contributed by atoms with Crippen molar-refractivity contribution in [1.82, 2.24) is 14.8 Å². The van der Waals surface area contributed by atoms with Gasteiger partial charge in [0.15, 0.2) is 0 Å². The summed E-state index contributed by atoms with van der Waals surface area (Å²) in [7, 11) is 2.21. The number of rotatable bonds is 4. The minimum absolute atomic E-state index is 0.923. The SMILES string of the molecule is CCNc1ncccc1CN1CCCN(C)CC1. The highest BCUT2D eigenvalue weighted by molar-refractivity contribution is 5.43. The number of hydrogen-bond donors (Lipinski definition) is 1. The van der Waals surface area contributed by atoms with Crippen LogP contribution in [0.3, 0.4) is 0 Å². The topological polar surface area (TPSA) is 31.4 Å². The van der Waals surface area contributed by atoms with Crippen molar-refractivity contribution in [3.8, 4) is 0 Å². The molecule has 0 spiro atoms. The van der Waals surface area contributed by atoms with Gasteiger partial charge in [0.05, 0.1) is 0 Å². The molecule has 1 aliphatic rings. The Morgan fingerprint density at radius 3 is 3.00 bits per heavy atom. The minimum atomic E-state index is 0.923. The summed E-state index contributed by atoms with van der Waals surface area (Å²) in [6.45, 7) is 8.75. The third-order valence-electron chi connectivity index (χ3n) is 3.44. The number of pyridine rings is 1. The number of hydrogen-bond acceptors (Lipinski definition) is 4. The quantitative estimate of drug-likeness (QED) is 0.878. The van der Waals surface area contributed by atoms with Crippen molar-refractivity contribution in [3.63, 3.8) is 0 Å². The Hall–Kier alpha value is -1.13. The van der Waals surface area contributed by atoms with Gasteiger partial charge in [-0.3, -0.25) is 4.90 Å². The average Bonchev–Trinajstić information content (AvgIpc) is 2.57. The van der Waals surface area contributed by atoms with E-state index in [1.165, 1.54) is 25.1 Å². The second-order valence-corrected chi connectivity index (χ2v) is 4.97. The van der Waals surface area contributed by atoms with Crippen LogP contribution in [0, 0.1) is 0 Å². The molecule has 4 nitrogen and oxygen atoms in total. The Balaban J connectivity index is 1.99. The van der Waals surface area contributed by atoms with Crippen LogP contribution in [0.4, 0.5) is 5.82 Å². The van der Waals surface area contributed by atoms with Crippen molar-refractivity contribution in [1.29, 1.82) is 0 Å². The molecule has 0 aromatic carbocycles. The van der Waals surface area contributed by atoms with Crippen LogP contribution in [-0.2, 0) is 6.54 Å². The van der Waals surface area contributed by atoms with E-state index in [-0.39, 0.29) is 0 Å². The molecule has 0 unspecified atom stereocenters. The van der Waals surface area contributed by atoms with E-state index in [0.29, 0.717) is 0 Å². The van der Waals surface area contributed by atoms with Crippen molar-refractivity contribution >= 4 is 5.82 Å². The summed E-state index contributed by atoms with van der Waals surface area (Å²) in [5, 5.41) is 3.34. The van der Waals surface area contributed by atoms with E-state index in [0.717, 1.165) is 32.0 Å². The zero-order valence-electron chi connectivity index (χ0n) is 11.5. The third-order valence-corrected chi connectivity index (χ3v) is 3.44. The minimum Gasteiger partial charge on any atom is -0.370 e. The normalized spacial score (nSPS) is 18.6. The molecule has 0 aliphatic carbocycles. The molecule has 2 heterocycles. The first-order chi connectivity index (χ1) is 8.79. The van der Waals surface area contributed by atoms with E-state index in [4.69, 9.17) is 0 Å². The van der Waals surface area contributed by atoms with Crippen molar-refractivity contribution < 1.29 is 0 Å². The summed E-state index contributed by atoms with van der Waals surface area (Å²) in [5.41, 5.74) is 1.31. The molecule has 0 amide bonds. The highest BCUT2D eigenvalue weighted by Crippen LogP contribution is 2.15. The molecule has 1 N–H and O–H groups in total. The van der Waals surface area contributed by atoms with Gasteiger partial charge in [0.2, 0.25) is 0 Å². The maximum Gasteiger partial charge on any atom is 0.130 e. The van der Waals surface area contributed by atoms with Crippen LogP contribution in [0.2, 0.25) is 0 Å². The Morgan fingerprint density at radius 2 is 2.17 bits per heavy atom. The lowest BCUT2D eigenvalue weighted by atomic mass is 10.2. The van der Waals surface area contributed by atoms with Gasteiger partial charge < -0.3 is 10.2 Å². The van der Waals surface area contributed by atoms with Gasteiger partial charge in [-0.05, 0) is 39.5 Å². The van der Waals surface area contributed by atoms with Crippen LogP contribution in [0.15, 0.2) is 18.3 Å². The molecule has 1 aromatic heterocycles. The van der Waals surface area contributed by atoms with Crippen LogP contribution < -0.4 is 5.32 Å². The van der Waals surface area contributed by atoms with Gasteiger partial charge >= 0.3 is 0 Å². The second kappa shape index (κ2) is 6.71. The van der Waals surface area contributed by atoms with E-state index in [9.17, 15) is 0 Å². The summed E-state index contributed by atoms with van der Waals surface area (Å²) in [4.78, 5) is 9.36. The number of anilines is 1. The fraction of sp³-hybridized carbons (Fsp3) is 0.643. The summed E-state index contributed by atoms with van der Waals surface area (Å²) in [5.74, 6) is 1.04. The molecule has 18 heavy (non-hydrogen) atoms. The number of aromatic nitrogens is 1. The highest BCUT2D eigenvalue weighted by atomic mass is 15.2. The summed E-state index contributed by atoms with van der Waals surface area (Å²) < 4.78 is 0. The monoisotopic (exact) mass is 248 g/mol. The van der Waals surface area contributed by atoms with Crippen LogP contribution in [0.5, 0.6) is 0 Å². The van der Waals surface area contributed by atoms with E-state index in [1.807, 2.05) is 12.3 Å². The molecular formula is C14H24N4. The lowest BCUT2D eigenvalue weighted by molar-refractivity contribution is 0.269. The predicted molar refractivity (Wildman–Crippen MR) is 75.8 cm³/mol. The fourth-order valence-corrected chi connectivity index (χ4v) is 2.39. The molecular weight excluding hydrogens is 224 g/mol. The molecule has 0 atom stereocenters. The lowest BCUT2D eigenvalue weighted by Gasteiger charge is -2.21. The number of likely N-dealkylation sites (N-methyl/N-ethyl adjacent to an activating group) is 1. The fourth-order valence-electron chi connectivity index (χ4n) is 2.39. The highest BCUT2D eigenvalue weighted by Gasteiger charge is 2.13. The van der Waals surface area contributed by atoms with Gasteiger partial charge in [-0.2, -0.15) is 0 Å². The van der Waals surface area contributed by atoms with Gasteiger partial charge in [0.25, 0.3) is 0 Å². The van der Waals surface area contributed by atoms with Gasteiger partial charge in [-0.25, -0.2) is 4.98 Å². The second-order valence-electron chi connectivity index (χ2n) is 4.97. The average molecular weight is 248 g/mol. The summed E-state index contributed by atoms with van der Waals surface area (Å²) in [6.07, 6.45) is 3.12. The Kier molecular flexibility index (Phi) is 4.96. The first-order valence-corrected chi connectivity index (χ1v) is 6.88. The molecule has 100 valence electrons. The first-order valence-electron chi connectivity index (χ1n) is 6.88. The van der Waals surface area contributed by atoms with Gasteiger partial charge in [-0.1, -0.05) is 6.07 Å². The molecule has 1 aliphatic heterocycles. The van der Waals surface area contributed by atoms with Crippen LogP contribution in [-0.4, -0.2) is 54.6 Å². The van der Waals surface area contributed by atoms with Crippen molar-refractivity contribution in [2.45, 2.75) is 19.9 Å². The van der Waals surface area contributed by atoms with E-state index in [1.54, 1.807) is 0 Å². The Labute approximate surface area is 110 Å². The summed E-state index contributed by atoms with van der Waals surface area (Å²) in [6, 6.07) is 4.21. The molecule has 0 saturated carbocycles. The van der Waals surface area contributed by atoms with Crippen molar-refractivity contribution in [2.75, 3.05) is 45.1 Å². The molecule has 2 rings (SSSR count). The van der Waals surface area contributed by atoms with Crippen molar-refractivity contribution in [2.24, 2.45) is 0 Å². The number of nitrogens with zero attached hydrogens (tertiary/aromatic N) is 3.